The Morgan fingerprint density at radius 2 is 1.77 bits per heavy atom. The van der Waals surface area contributed by atoms with Gasteiger partial charge in [0.1, 0.15) is 24.7 Å². The summed E-state index contributed by atoms with van der Waals surface area (Å²) in [7, 11) is 0. The number of nitrogens with zero attached hydrogens (tertiary/aromatic N) is 2. The molecule has 0 spiro atoms. The predicted octanol–water partition coefficient (Wildman–Crippen LogP) is 4.95. The van der Waals surface area contributed by atoms with Crippen LogP contribution in [-0.2, 0) is 16.2 Å². The lowest BCUT2D eigenvalue weighted by Gasteiger charge is -2.12. The Bertz CT molecular complexity index is 1350. The first kappa shape index (κ1) is 23.7. The quantitative estimate of drug-likeness (QED) is 0.474. The molecule has 3 amide bonds. The summed E-state index contributed by atoms with van der Waals surface area (Å²) in [4.78, 5) is 38.3. The summed E-state index contributed by atoms with van der Waals surface area (Å²) < 4.78 is 18.7. The maximum absolute atomic E-state index is 13.0. The van der Waals surface area contributed by atoms with Crippen molar-refractivity contribution in [1.82, 2.24) is 4.90 Å². The highest BCUT2D eigenvalue weighted by Gasteiger charge is 2.36. The second kappa shape index (κ2) is 10.7. The van der Waals surface area contributed by atoms with Gasteiger partial charge in [0.2, 0.25) is 5.91 Å². The van der Waals surface area contributed by atoms with Gasteiger partial charge in [-0.25, -0.2) is 4.39 Å². The molecule has 7 nitrogen and oxygen atoms in total. The fourth-order valence-corrected chi connectivity index (χ4v) is 4.08. The van der Waals surface area contributed by atoms with E-state index in [9.17, 15) is 18.8 Å². The number of anilines is 1. The van der Waals surface area contributed by atoms with E-state index in [1.54, 1.807) is 42.5 Å². The predicted molar refractivity (Wildman–Crippen MR) is 130 cm³/mol. The zero-order valence-corrected chi connectivity index (χ0v) is 19.0. The Labute approximate surface area is 204 Å². The summed E-state index contributed by atoms with van der Waals surface area (Å²) in [5.74, 6) is -0.995. The minimum absolute atomic E-state index is 0.196. The van der Waals surface area contributed by atoms with Crippen LogP contribution in [0, 0.1) is 17.1 Å². The van der Waals surface area contributed by atoms with Crippen LogP contribution in [0.15, 0.2) is 77.7 Å². The third kappa shape index (κ3) is 5.93. The summed E-state index contributed by atoms with van der Waals surface area (Å²) in [6, 6.07) is 21.4. The second-order valence-corrected chi connectivity index (χ2v) is 8.44. The van der Waals surface area contributed by atoms with Crippen molar-refractivity contribution >= 4 is 40.6 Å². The van der Waals surface area contributed by atoms with Crippen LogP contribution in [0.3, 0.4) is 0 Å². The van der Waals surface area contributed by atoms with Crippen molar-refractivity contribution in [2.24, 2.45) is 0 Å². The number of rotatable bonds is 7. The Balaban J connectivity index is 1.36. The molecule has 1 saturated heterocycles. The van der Waals surface area contributed by atoms with E-state index in [1.165, 1.54) is 24.3 Å². The van der Waals surface area contributed by atoms with Crippen molar-refractivity contribution in [3.8, 4) is 11.8 Å². The van der Waals surface area contributed by atoms with Crippen molar-refractivity contribution in [3.05, 3.63) is 100 Å². The molecule has 35 heavy (non-hydrogen) atoms. The zero-order chi connectivity index (χ0) is 24.8. The number of benzene rings is 3. The molecular formula is C26H18FN3O4S. The third-order valence-corrected chi connectivity index (χ3v) is 5.92. The van der Waals surface area contributed by atoms with Gasteiger partial charge in [0.25, 0.3) is 11.1 Å². The summed E-state index contributed by atoms with van der Waals surface area (Å²) in [6.45, 7) is -0.210. The molecule has 3 aromatic rings. The van der Waals surface area contributed by atoms with Gasteiger partial charge in [0.15, 0.2) is 0 Å². The number of nitrogens with one attached hydrogen (secondary N) is 1. The highest BCUT2D eigenvalue weighted by Crippen LogP contribution is 2.32. The number of thioether (sulfide) groups is 1. The average Bonchev–Trinajstić information content (AvgIpc) is 3.12. The van der Waals surface area contributed by atoms with Gasteiger partial charge in [-0.1, -0.05) is 30.3 Å². The van der Waals surface area contributed by atoms with Crippen LogP contribution in [0.1, 0.15) is 16.7 Å². The summed E-state index contributed by atoms with van der Waals surface area (Å²) >= 11 is 0.750. The largest absolute Gasteiger partial charge is 0.489 e. The number of halogens is 1. The summed E-state index contributed by atoms with van der Waals surface area (Å²) in [5, 5.41) is 11.1. The fraction of sp³-hybridized carbons (Fsp3) is 0.0769. The van der Waals surface area contributed by atoms with Crippen molar-refractivity contribution in [3.63, 3.8) is 0 Å². The molecule has 1 aliphatic heterocycles. The average molecular weight is 488 g/mol. The minimum atomic E-state index is -0.570. The topological polar surface area (TPSA) is 99.5 Å². The van der Waals surface area contributed by atoms with E-state index in [4.69, 9.17) is 10.00 Å². The number of carbonyl (C=O) groups excluding carboxylic acids is 3. The van der Waals surface area contributed by atoms with Crippen LogP contribution in [0.2, 0.25) is 0 Å². The standard InChI is InChI=1S/C26H18FN3O4S/c27-20-7-9-21(10-8-20)29-24(31)15-30-25(32)23(35-26(30)33)13-17-5-11-22(12-6-17)34-16-19-4-2-1-3-18(19)14-28/h1-13H,15-16H2,(H,29,31)/b23-13-. The van der Waals surface area contributed by atoms with Crippen molar-refractivity contribution in [2.75, 3.05) is 11.9 Å². The first-order chi connectivity index (χ1) is 16.9. The molecule has 0 aliphatic carbocycles. The van der Waals surface area contributed by atoms with E-state index < -0.39 is 29.4 Å². The molecule has 1 fully saturated rings. The lowest BCUT2D eigenvalue weighted by molar-refractivity contribution is -0.127. The van der Waals surface area contributed by atoms with Crippen molar-refractivity contribution < 1.29 is 23.5 Å². The first-order valence-corrected chi connectivity index (χ1v) is 11.3. The van der Waals surface area contributed by atoms with E-state index in [1.807, 2.05) is 12.1 Å². The third-order valence-electron chi connectivity index (χ3n) is 5.01. The molecule has 0 bridgehead atoms. The normalized spacial score (nSPS) is 14.2. The van der Waals surface area contributed by atoms with Gasteiger partial charge < -0.3 is 10.1 Å². The Hall–Kier alpha value is -4.42. The van der Waals surface area contributed by atoms with Gasteiger partial charge >= 0.3 is 0 Å². The van der Waals surface area contributed by atoms with Crippen LogP contribution in [0.25, 0.3) is 6.08 Å². The molecule has 0 unspecified atom stereocenters. The van der Waals surface area contributed by atoms with Crippen LogP contribution in [0.4, 0.5) is 14.9 Å². The number of amides is 3. The number of carbonyl (C=O) groups is 3. The zero-order valence-electron chi connectivity index (χ0n) is 18.2. The molecule has 0 aromatic heterocycles. The van der Waals surface area contributed by atoms with Crippen molar-refractivity contribution in [2.45, 2.75) is 6.61 Å². The number of nitriles is 1. The van der Waals surface area contributed by atoms with Gasteiger partial charge in [-0.2, -0.15) is 5.26 Å². The molecule has 3 aromatic carbocycles. The molecular weight excluding hydrogens is 469 g/mol. The molecule has 1 aliphatic rings. The van der Waals surface area contributed by atoms with Gasteiger partial charge in [-0.15, -0.1) is 0 Å². The van der Waals surface area contributed by atoms with Crippen molar-refractivity contribution in [1.29, 1.82) is 5.26 Å². The molecule has 0 atom stereocenters. The van der Waals surface area contributed by atoms with E-state index >= 15 is 0 Å². The number of hydrogen-bond acceptors (Lipinski definition) is 6. The summed E-state index contributed by atoms with van der Waals surface area (Å²) in [5.41, 5.74) is 2.36. The second-order valence-electron chi connectivity index (χ2n) is 7.45. The van der Waals surface area contributed by atoms with E-state index in [2.05, 4.69) is 11.4 Å². The van der Waals surface area contributed by atoms with E-state index in [0.717, 1.165) is 22.2 Å². The Morgan fingerprint density at radius 3 is 2.49 bits per heavy atom. The monoisotopic (exact) mass is 487 g/mol. The van der Waals surface area contributed by atoms with E-state index in [0.29, 0.717) is 22.6 Å². The number of hydrogen-bond donors (Lipinski definition) is 1. The van der Waals surface area contributed by atoms with Crippen LogP contribution in [-0.4, -0.2) is 28.5 Å². The maximum Gasteiger partial charge on any atom is 0.294 e. The lowest BCUT2D eigenvalue weighted by Crippen LogP contribution is -2.36. The van der Waals surface area contributed by atoms with Gasteiger partial charge in [-0.05, 0) is 65.9 Å². The summed E-state index contributed by atoms with van der Waals surface area (Å²) in [6.07, 6.45) is 1.57. The number of imide groups is 1. The molecule has 1 heterocycles. The minimum Gasteiger partial charge on any atom is -0.489 e. The van der Waals surface area contributed by atoms with Gasteiger partial charge in [-0.3, -0.25) is 19.3 Å². The SMILES string of the molecule is N#Cc1ccccc1COc1ccc(/C=C2\SC(=O)N(CC(=O)Nc3ccc(F)cc3)C2=O)cc1. The van der Waals surface area contributed by atoms with Gasteiger partial charge in [0.05, 0.1) is 16.5 Å². The molecule has 174 valence electrons. The first-order valence-electron chi connectivity index (χ1n) is 10.4. The lowest BCUT2D eigenvalue weighted by atomic mass is 10.1. The van der Waals surface area contributed by atoms with Crippen LogP contribution in [0.5, 0.6) is 5.75 Å². The van der Waals surface area contributed by atoms with Crippen LogP contribution >= 0.6 is 11.8 Å². The highest BCUT2D eigenvalue weighted by molar-refractivity contribution is 8.18. The number of ether oxygens (including phenoxy) is 1. The molecule has 0 radical (unpaired) electrons. The molecule has 0 saturated carbocycles. The van der Waals surface area contributed by atoms with Crippen LogP contribution < -0.4 is 10.1 Å². The fourth-order valence-electron chi connectivity index (χ4n) is 3.24. The maximum atomic E-state index is 13.0. The molecule has 1 N–H and O–H groups in total. The highest BCUT2D eigenvalue weighted by atomic mass is 32.2. The van der Waals surface area contributed by atoms with E-state index in [-0.39, 0.29) is 11.5 Å². The smallest absolute Gasteiger partial charge is 0.294 e. The Morgan fingerprint density at radius 1 is 1.06 bits per heavy atom. The Kier molecular flexibility index (Phi) is 7.24. The molecule has 4 rings (SSSR count). The molecule has 9 heteroatoms. The van der Waals surface area contributed by atoms with Gasteiger partial charge in [0, 0.05) is 11.3 Å².